The zero-order chi connectivity index (χ0) is 9.69. The third-order valence-electron chi connectivity index (χ3n) is 2.89. The summed E-state index contributed by atoms with van der Waals surface area (Å²) in [6.07, 6.45) is 0. The van der Waals surface area contributed by atoms with E-state index in [0.717, 1.165) is 0 Å². The van der Waals surface area contributed by atoms with Crippen molar-refractivity contribution in [3.8, 4) is 0 Å². The minimum Gasteiger partial charge on any atom is -0.0580 e. The van der Waals surface area contributed by atoms with Crippen molar-refractivity contribution in [2.24, 2.45) is 0 Å². The first-order chi connectivity index (χ1) is 5.93. The van der Waals surface area contributed by atoms with Crippen LogP contribution in [0.3, 0.4) is 0 Å². The van der Waals surface area contributed by atoms with Crippen molar-refractivity contribution in [2.45, 2.75) is 0 Å². The van der Waals surface area contributed by atoms with E-state index in [1.165, 1.54) is 5.90 Å². The zero-order valence-corrected chi connectivity index (χ0v) is 10.7. The van der Waals surface area contributed by atoms with Gasteiger partial charge in [0.1, 0.15) is 10.6 Å². The van der Waals surface area contributed by atoms with Gasteiger partial charge in [0.15, 0.2) is 5.90 Å². The molecule has 0 atom stereocenters. The van der Waals surface area contributed by atoms with Crippen molar-refractivity contribution < 1.29 is 0 Å². The zero-order valence-electron chi connectivity index (χ0n) is 8.91. The maximum Gasteiger partial charge on any atom is 0.168 e. The average molecular weight is 212 g/mol. The fourth-order valence-corrected chi connectivity index (χ4v) is 14.8. The molecule has 13 heavy (non-hydrogen) atoms. The predicted octanol–water partition coefficient (Wildman–Crippen LogP) is 2.46. The van der Waals surface area contributed by atoms with Crippen LogP contribution >= 0.6 is 14.5 Å². The third kappa shape index (κ3) is 1.45. The summed E-state index contributed by atoms with van der Waals surface area (Å²) in [5.41, 5.74) is 0. The molecular weight excluding hydrogens is 194 g/mol. The topological polar surface area (TPSA) is 0 Å². The second-order valence-electron chi connectivity index (χ2n) is 5.00. The second kappa shape index (κ2) is 2.78. The molecular formula is C11H18P2+2. The predicted molar refractivity (Wildman–Crippen MR) is 68.1 cm³/mol. The van der Waals surface area contributed by atoms with Gasteiger partial charge in [-0.3, -0.25) is 0 Å². The number of hydrogen-bond donors (Lipinski definition) is 0. The lowest BCUT2D eigenvalue weighted by molar-refractivity contribution is 1.81. The van der Waals surface area contributed by atoms with Gasteiger partial charge in [0, 0.05) is 0 Å². The van der Waals surface area contributed by atoms with E-state index in [2.05, 4.69) is 50.9 Å². The normalized spacial score (nSPS) is 22.8. The first-order valence-corrected chi connectivity index (χ1v) is 10.4. The molecule has 0 aromatic heterocycles. The summed E-state index contributed by atoms with van der Waals surface area (Å²) in [6, 6.07) is 9.12. The molecule has 1 aliphatic heterocycles. The molecule has 0 nitrogen and oxygen atoms in total. The Balaban J connectivity index is 2.64. The minimum absolute atomic E-state index is 0.755. The Morgan fingerprint density at radius 2 is 1.23 bits per heavy atom. The molecule has 2 rings (SSSR count). The van der Waals surface area contributed by atoms with Crippen LogP contribution in [0.4, 0.5) is 0 Å². The van der Waals surface area contributed by atoms with Gasteiger partial charge in [0.05, 0.1) is 41.2 Å². The van der Waals surface area contributed by atoms with Crippen LogP contribution in [0.15, 0.2) is 24.3 Å². The van der Waals surface area contributed by atoms with E-state index in [-0.39, 0.29) is 0 Å². The second-order valence-corrected chi connectivity index (χ2v) is 13.8. The Kier molecular flexibility index (Phi) is 2.06. The van der Waals surface area contributed by atoms with Crippen LogP contribution in [0.2, 0.25) is 0 Å². The highest BCUT2D eigenvalue weighted by Gasteiger charge is 2.54. The number of rotatable bonds is 0. The molecule has 0 amide bonds. The maximum atomic E-state index is 2.49. The lowest BCUT2D eigenvalue weighted by Crippen LogP contribution is -2.19. The van der Waals surface area contributed by atoms with Crippen molar-refractivity contribution in [1.29, 1.82) is 0 Å². The standard InChI is InChI=1S/C11H18P2/c1-12(2)9-13(3,4)11-8-6-5-7-10(11)12/h5-8H,9H2,1-4H3/q+2. The van der Waals surface area contributed by atoms with Crippen LogP contribution in [0, 0.1) is 0 Å². The van der Waals surface area contributed by atoms with Gasteiger partial charge in [-0.25, -0.2) is 0 Å². The lowest BCUT2D eigenvalue weighted by Gasteiger charge is -2.10. The molecule has 0 saturated carbocycles. The van der Waals surface area contributed by atoms with Gasteiger partial charge in [0.2, 0.25) is 0 Å². The van der Waals surface area contributed by atoms with Crippen molar-refractivity contribution in [3.05, 3.63) is 24.3 Å². The first-order valence-electron chi connectivity index (χ1n) is 4.70. The van der Waals surface area contributed by atoms with E-state index in [0.29, 0.717) is 0 Å². The molecule has 70 valence electrons. The van der Waals surface area contributed by atoms with Gasteiger partial charge in [-0.1, -0.05) is 12.1 Å². The Labute approximate surface area is 82.4 Å². The van der Waals surface area contributed by atoms with E-state index in [1.807, 2.05) is 0 Å². The van der Waals surface area contributed by atoms with Gasteiger partial charge in [-0.2, -0.15) is 0 Å². The molecule has 1 aliphatic rings. The molecule has 1 aromatic carbocycles. The molecule has 0 bridgehead atoms. The highest BCUT2D eigenvalue weighted by molar-refractivity contribution is 8.02. The molecule has 0 saturated heterocycles. The van der Waals surface area contributed by atoms with Crippen molar-refractivity contribution in [2.75, 3.05) is 32.6 Å². The van der Waals surface area contributed by atoms with Crippen LogP contribution in [-0.2, 0) is 0 Å². The molecule has 2 heteroatoms. The number of hydrogen-bond acceptors (Lipinski definition) is 0. The van der Waals surface area contributed by atoms with E-state index in [1.54, 1.807) is 10.6 Å². The average Bonchev–Trinajstić information content (AvgIpc) is 2.20. The summed E-state index contributed by atoms with van der Waals surface area (Å²) in [5.74, 6) is 1.49. The highest BCUT2D eigenvalue weighted by Crippen LogP contribution is 2.71. The quantitative estimate of drug-likeness (QED) is 0.579. The highest BCUT2D eigenvalue weighted by atomic mass is 31.2. The van der Waals surface area contributed by atoms with Crippen LogP contribution in [-0.4, -0.2) is 32.6 Å². The van der Waals surface area contributed by atoms with Crippen LogP contribution < -0.4 is 10.6 Å². The van der Waals surface area contributed by atoms with E-state index < -0.39 is 14.5 Å². The molecule has 0 aliphatic carbocycles. The summed E-state index contributed by atoms with van der Waals surface area (Å²) in [6.45, 7) is 9.95. The maximum absolute atomic E-state index is 2.49. The lowest BCUT2D eigenvalue weighted by atomic mass is 10.4. The largest absolute Gasteiger partial charge is 0.168 e. The minimum atomic E-state index is -0.755. The monoisotopic (exact) mass is 212 g/mol. The smallest absolute Gasteiger partial charge is 0.0580 e. The fourth-order valence-electron chi connectivity index (χ4n) is 2.52. The van der Waals surface area contributed by atoms with Crippen LogP contribution in [0.5, 0.6) is 0 Å². The Morgan fingerprint density at radius 3 is 1.62 bits per heavy atom. The van der Waals surface area contributed by atoms with Crippen LogP contribution in [0.1, 0.15) is 0 Å². The van der Waals surface area contributed by atoms with Gasteiger partial charge in [-0.05, 0) is 12.1 Å². The van der Waals surface area contributed by atoms with Crippen LogP contribution in [0.25, 0.3) is 0 Å². The summed E-state index contributed by atoms with van der Waals surface area (Å²) >= 11 is 0. The van der Waals surface area contributed by atoms with Gasteiger partial charge >= 0.3 is 0 Å². The third-order valence-corrected chi connectivity index (χ3v) is 12.1. The van der Waals surface area contributed by atoms with E-state index in [9.17, 15) is 0 Å². The Bertz CT molecular complexity index is 307. The SMILES string of the molecule is C[P+]1(C)C[P+](C)(C)c2ccccc21. The summed E-state index contributed by atoms with van der Waals surface area (Å²) in [5, 5.41) is 3.40. The van der Waals surface area contributed by atoms with Gasteiger partial charge in [-0.15, -0.1) is 0 Å². The Hall–Kier alpha value is 0.0800. The molecule has 1 aromatic rings. The number of fused-ring (bicyclic) bond motifs is 1. The van der Waals surface area contributed by atoms with Gasteiger partial charge < -0.3 is 0 Å². The Morgan fingerprint density at radius 1 is 0.846 bits per heavy atom. The summed E-state index contributed by atoms with van der Waals surface area (Å²) < 4.78 is 0. The van der Waals surface area contributed by atoms with Crippen molar-refractivity contribution >= 4 is 25.1 Å². The molecule has 0 radical (unpaired) electrons. The van der Waals surface area contributed by atoms with Crippen molar-refractivity contribution in [3.63, 3.8) is 0 Å². The molecule has 0 N–H and O–H groups in total. The number of benzene rings is 1. The summed E-state index contributed by atoms with van der Waals surface area (Å²) in [7, 11) is -1.51. The molecule has 0 unspecified atom stereocenters. The fraction of sp³-hybridized carbons (Fsp3) is 0.455. The summed E-state index contributed by atoms with van der Waals surface area (Å²) in [4.78, 5) is 0. The van der Waals surface area contributed by atoms with Crippen molar-refractivity contribution in [1.82, 2.24) is 0 Å². The van der Waals surface area contributed by atoms with Gasteiger partial charge in [0.25, 0.3) is 0 Å². The molecule has 0 fully saturated rings. The van der Waals surface area contributed by atoms with E-state index in [4.69, 9.17) is 0 Å². The molecule has 0 spiro atoms. The van der Waals surface area contributed by atoms with E-state index >= 15 is 0 Å². The molecule has 1 heterocycles. The first kappa shape index (κ1) is 9.63.